The second kappa shape index (κ2) is 5.91. The van der Waals surface area contributed by atoms with Crippen LogP contribution in [0.2, 0.25) is 0 Å². The van der Waals surface area contributed by atoms with E-state index in [4.69, 9.17) is 4.74 Å². The molecule has 1 heterocycles. The third-order valence-electron chi connectivity index (χ3n) is 3.27. The van der Waals surface area contributed by atoms with Crippen molar-refractivity contribution < 1.29 is 19.4 Å². The summed E-state index contributed by atoms with van der Waals surface area (Å²) in [6.07, 6.45) is 0.879. The minimum Gasteiger partial charge on any atom is -0.479 e. The fourth-order valence-corrected chi connectivity index (χ4v) is 2.14. The molecule has 0 fully saturated rings. The molecular formula is C16H21N3O4. The number of rotatable bonds is 4. The van der Waals surface area contributed by atoms with E-state index in [1.54, 1.807) is 31.6 Å². The van der Waals surface area contributed by atoms with Crippen LogP contribution in [0.3, 0.4) is 0 Å². The number of ether oxygens (including phenoxy) is 1. The number of carboxylic acid groups (broad SMARTS) is 1. The van der Waals surface area contributed by atoms with Gasteiger partial charge in [0.15, 0.2) is 5.54 Å². The van der Waals surface area contributed by atoms with Gasteiger partial charge >= 0.3 is 12.1 Å². The first-order valence-electron chi connectivity index (χ1n) is 7.26. The summed E-state index contributed by atoms with van der Waals surface area (Å²) in [5, 5.41) is 17.1. The van der Waals surface area contributed by atoms with E-state index in [1.807, 2.05) is 24.3 Å². The minimum atomic E-state index is -1.54. The second-order valence-electron chi connectivity index (χ2n) is 6.63. The van der Waals surface area contributed by atoms with E-state index < -0.39 is 23.2 Å². The van der Waals surface area contributed by atoms with Gasteiger partial charge in [-0.2, -0.15) is 5.10 Å². The Morgan fingerprint density at radius 1 is 1.26 bits per heavy atom. The summed E-state index contributed by atoms with van der Waals surface area (Å²) >= 11 is 0. The van der Waals surface area contributed by atoms with Gasteiger partial charge in [0.1, 0.15) is 5.60 Å². The molecule has 23 heavy (non-hydrogen) atoms. The molecule has 0 bridgehead atoms. The standard InChI is InChI=1S/C16H21N3O4/c1-15(2,3)23-14(22)18-16(4,13(20)21)10-19-12-8-6-5-7-11(12)9-17-19/h5-9H,10H2,1-4H3,(H,18,22)(H,20,21). The van der Waals surface area contributed by atoms with Crippen molar-refractivity contribution in [2.45, 2.75) is 45.4 Å². The van der Waals surface area contributed by atoms with E-state index in [2.05, 4.69) is 10.4 Å². The molecule has 0 aliphatic rings. The second-order valence-corrected chi connectivity index (χ2v) is 6.63. The van der Waals surface area contributed by atoms with E-state index in [0.717, 1.165) is 10.9 Å². The van der Waals surface area contributed by atoms with Crippen LogP contribution in [-0.4, -0.2) is 38.1 Å². The highest BCUT2D eigenvalue weighted by Crippen LogP contribution is 2.17. The van der Waals surface area contributed by atoms with Gasteiger partial charge in [-0.25, -0.2) is 9.59 Å². The van der Waals surface area contributed by atoms with Crippen LogP contribution in [0, 0.1) is 0 Å². The lowest BCUT2D eigenvalue weighted by Crippen LogP contribution is -2.56. The summed E-state index contributed by atoms with van der Waals surface area (Å²) in [5.74, 6) is -1.16. The number of aromatic nitrogens is 2. The number of nitrogens with zero attached hydrogens (tertiary/aromatic N) is 2. The topological polar surface area (TPSA) is 93.5 Å². The Morgan fingerprint density at radius 2 is 1.91 bits per heavy atom. The molecule has 124 valence electrons. The molecule has 7 nitrogen and oxygen atoms in total. The van der Waals surface area contributed by atoms with Gasteiger partial charge in [0.05, 0.1) is 18.3 Å². The van der Waals surface area contributed by atoms with E-state index >= 15 is 0 Å². The van der Waals surface area contributed by atoms with Crippen LogP contribution in [0.25, 0.3) is 10.9 Å². The van der Waals surface area contributed by atoms with Crippen LogP contribution >= 0.6 is 0 Å². The molecule has 1 atom stereocenters. The van der Waals surface area contributed by atoms with Crippen molar-refractivity contribution in [3.63, 3.8) is 0 Å². The Kier molecular flexibility index (Phi) is 4.31. The molecule has 0 aliphatic carbocycles. The van der Waals surface area contributed by atoms with Gasteiger partial charge in [-0.1, -0.05) is 18.2 Å². The molecule has 1 aromatic carbocycles. The summed E-state index contributed by atoms with van der Waals surface area (Å²) < 4.78 is 6.70. The molecular weight excluding hydrogens is 298 g/mol. The highest BCUT2D eigenvalue weighted by Gasteiger charge is 2.37. The summed E-state index contributed by atoms with van der Waals surface area (Å²) in [4.78, 5) is 23.6. The Morgan fingerprint density at radius 3 is 2.52 bits per heavy atom. The minimum absolute atomic E-state index is 0.0188. The van der Waals surface area contributed by atoms with E-state index in [0.29, 0.717) is 0 Å². The average Bonchev–Trinajstić information content (AvgIpc) is 2.79. The van der Waals surface area contributed by atoms with Gasteiger partial charge in [-0.15, -0.1) is 0 Å². The first-order chi connectivity index (χ1) is 10.6. The highest BCUT2D eigenvalue weighted by molar-refractivity contribution is 5.84. The van der Waals surface area contributed by atoms with Crippen molar-refractivity contribution in [3.8, 4) is 0 Å². The number of aliphatic carboxylic acids is 1. The number of alkyl carbamates (subject to hydrolysis) is 1. The van der Waals surface area contributed by atoms with Gasteiger partial charge in [0.25, 0.3) is 0 Å². The number of hydrogen-bond acceptors (Lipinski definition) is 4. The lowest BCUT2D eigenvalue weighted by molar-refractivity contribution is -0.144. The zero-order valence-corrected chi connectivity index (χ0v) is 13.7. The Hall–Kier alpha value is -2.57. The van der Waals surface area contributed by atoms with Crippen LogP contribution in [0.5, 0.6) is 0 Å². The molecule has 0 saturated heterocycles. The monoisotopic (exact) mass is 319 g/mol. The van der Waals surface area contributed by atoms with Crippen LogP contribution < -0.4 is 5.32 Å². The van der Waals surface area contributed by atoms with Crippen molar-refractivity contribution in [3.05, 3.63) is 30.5 Å². The largest absolute Gasteiger partial charge is 0.479 e. The SMILES string of the molecule is CC(C)(C)OC(=O)NC(C)(Cn1ncc2ccccc21)C(=O)O. The molecule has 7 heteroatoms. The zero-order chi connectivity index (χ0) is 17.3. The Labute approximate surface area is 134 Å². The van der Waals surface area contributed by atoms with Gasteiger partial charge in [-0.3, -0.25) is 4.68 Å². The number of hydrogen-bond donors (Lipinski definition) is 2. The maximum Gasteiger partial charge on any atom is 0.408 e. The summed E-state index contributed by atoms with van der Waals surface area (Å²) in [7, 11) is 0. The molecule has 0 saturated carbocycles. The fourth-order valence-electron chi connectivity index (χ4n) is 2.14. The van der Waals surface area contributed by atoms with Gasteiger partial charge in [0, 0.05) is 5.39 Å². The molecule has 1 unspecified atom stereocenters. The Balaban J connectivity index is 2.24. The fraction of sp³-hybridized carbons (Fsp3) is 0.438. The first kappa shape index (κ1) is 16.8. The average molecular weight is 319 g/mol. The van der Waals surface area contributed by atoms with Crippen molar-refractivity contribution >= 4 is 23.0 Å². The predicted octanol–water partition coefficient (Wildman–Crippen LogP) is 2.40. The first-order valence-corrected chi connectivity index (χ1v) is 7.26. The van der Waals surface area contributed by atoms with E-state index in [-0.39, 0.29) is 6.54 Å². The molecule has 0 radical (unpaired) electrons. The predicted molar refractivity (Wildman–Crippen MR) is 85.1 cm³/mol. The number of benzene rings is 1. The van der Waals surface area contributed by atoms with Crippen molar-refractivity contribution in [2.75, 3.05) is 0 Å². The summed E-state index contributed by atoms with van der Waals surface area (Å²) in [6.45, 7) is 6.55. The molecule has 1 amide bonds. The van der Waals surface area contributed by atoms with Gasteiger partial charge < -0.3 is 15.2 Å². The number of carbonyl (C=O) groups excluding carboxylic acids is 1. The summed E-state index contributed by atoms with van der Waals surface area (Å²) in [6, 6.07) is 7.46. The van der Waals surface area contributed by atoms with Gasteiger partial charge in [-0.05, 0) is 33.8 Å². The molecule has 0 aliphatic heterocycles. The summed E-state index contributed by atoms with van der Waals surface area (Å²) in [5.41, 5.74) is -1.45. The van der Waals surface area contributed by atoms with E-state index in [9.17, 15) is 14.7 Å². The zero-order valence-electron chi connectivity index (χ0n) is 13.7. The van der Waals surface area contributed by atoms with Crippen LogP contribution in [0.1, 0.15) is 27.7 Å². The molecule has 0 spiro atoms. The molecule has 2 aromatic rings. The van der Waals surface area contributed by atoms with Crippen molar-refractivity contribution in [1.29, 1.82) is 0 Å². The van der Waals surface area contributed by atoms with Crippen molar-refractivity contribution in [2.24, 2.45) is 0 Å². The lowest BCUT2D eigenvalue weighted by atomic mass is 10.0. The number of nitrogens with one attached hydrogen (secondary N) is 1. The third kappa shape index (κ3) is 4.00. The Bertz CT molecular complexity index is 732. The van der Waals surface area contributed by atoms with Crippen LogP contribution in [0.4, 0.5) is 4.79 Å². The number of para-hydroxylation sites is 1. The van der Waals surface area contributed by atoms with Crippen LogP contribution in [-0.2, 0) is 16.1 Å². The van der Waals surface area contributed by atoms with E-state index in [1.165, 1.54) is 6.92 Å². The third-order valence-corrected chi connectivity index (χ3v) is 3.27. The molecule has 1 aromatic heterocycles. The van der Waals surface area contributed by atoms with Crippen LogP contribution in [0.15, 0.2) is 30.5 Å². The lowest BCUT2D eigenvalue weighted by Gasteiger charge is -2.28. The normalized spacial score (nSPS) is 14.3. The number of fused-ring (bicyclic) bond motifs is 1. The number of carbonyl (C=O) groups is 2. The highest BCUT2D eigenvalue weighted by atomic mass is 16.6. The van der Waals surface area contributed by atoms with Crippen molar-refractivity contribution in [1.82, 2.24) is 15.1 Å². The van der Waals surface area contributed by atoms with Gasteiger partial charge in [0.2, 0.25) is 0 Å². The maximum absolute atomic E-state index is 11.9. The number of carboxylic acids is 1. The number of amides is 1. The smallest absolute Gasteiger partial charge is 0.408 e. The quantitative estimate of drug-likeness (QED) is 0.902. The molecule has 2 rings (SSSR count). The molecule has 2 N–H and O–H groups in total. The maximum atomic E-state index is 11.9.